The lowest BCUT2D eigenvalue weighted by Crippen LogP contribution is -2.38. The van der Waals surface area contributed by atoms with Gasteiger partial charge in [-0.15, -0.1) is 0 Å². The van der Waals surface area contributed by atoms with E-state index >= 15 is 0 Å². The Morgan fingerprint density at radius 2 is 2.29 bits per heavy atom. The van der Waals surface area contributed by atoms with E-state index in [9.17, 15) is 18.8 Å². The first-order chi connectivity index (χ1) is 6.50. The van der Waals surface area contributed by atoms with Gasteiger partial charge in [0.05, 0.1) is 6.20 Å². The molecule has 1 heterocycles. The maximum absolute atomic E-state index is 12.6. The Morgan fingerprint density at radius 3 is 2.86 bits per heavy atom. The number of H-pyrrole nitrogens is 1. The highest BCUT2D eigenvalue weighted by Crippen LogP contribution is 1.81. The van der Waals surface area contributed by atoms with Crippen molar-refractivity contribution in [2.75, 3.05) is 0 Å². The number of nitrogens with one attached hydrogen (secondary N) is 2. The number of carbonyl (C=O) groups is 1. The predicted octanol–water partition coefficient (Wildman–Crippen LogP) is -1.70. The summed E-state index contributed by atoms with van der Waals surface area (Å²) in [5.41, 5.74) is 2.79. The summed E-state index contributed by atoms with van der Waals surface area (Å²) < 4.78 is 13.4. The van der Waals surface area contributed by atoms with Gasteiger partial charge in [0.25, 0.3) is 5.56 Å². The zero-order valence-corrected chi connectivity index (χ0v) is 6.91. The SMILES string of the molecule is NC(=O)NCn1cc(F)c(=O)[nH]c1=O. The maximum atomic E-state index is 12.6. The molecule has 1 aromatic rings. The molecule has 0 bridgehead atoms. The number of rotatable bonds is 2. The molecule has 1 aromatic heterocycles. The number of hydrogen-bond acceptors (Lipinski definition) is 3. The third-order valence-electron chi connectivity index (χ3n) is 1.39. The van der Waals surface area contributed by atoms with Gasteiger partial charge >= 0.3 is 11.7 Å². The fraction of sp³-hybridized carbons (Fsp3) is 0.167. The highest BCUT2D eigenvalue weighted by Gasteiger charge is 2.03. The third kappa shape index (κ3) is 2.19. The van der Waals surface area contributed by atoms with Crippen LogP contribution in [0.25, 0.3) is 0 Å². The van der Waals surface area contributed by atoms with Crippen LogP contribution in [-0.2, 0) is 6.67 Å². The Labute approximate surface area is 76.4 Å². The molecule has 0 aromatic carbocycles. The molecule has 8 heteroatoms. The van der Waals surface area contributed by atoms with E-state index < -0.39 is 23.1 Å². The van der Waals surface area contributed by atoms with E-state index in [1.807, 2.05) is 0 Å². The molecule has 0 aliphatic carbocycles. The molecule has 0 spiro atoms. The van der Waals surface area contributed by atoms with Crippen LogP contribution in [0.1, 0.15) is 0 Å². The average Bonchev–Trinajstić information content (AvgIpc) is 2.09. The zero-order valence-electron chi connectivity index (χ0n) is 6.91. The number of halogens is 1. The number of amides is 2. The van der Waals surface area contributed by atoms with Crippen molar-refractivity contribution in [2.24, 2.45) is 5.73 Å². The quantitative estimate of drug-likeness (QED) is 0.531. The molecule has 0 fully saturated rings. The van der Waals surface area contributed by atoms with Gasteiger partial charge in [-0.3, -0.25) is 14.3 Å². The van der Waals surface area contributed by atoms with Gasteiger partial charge in [0.1, 0.15) is 6.67 Å². The number of carbonyl (C=O) groups excluding carboxylic acids is 1. The minimum atomic E-state index is -1.11. The molecular formula is C6H7FN4O3. The summed E-state index contributed by atoms with van der Waals surface area (Å²) in [5, 5.41) is 2.06. The number of nitrogens with zero attached hydrogens (tertiary/aromatic N) is 1. The third-order valence-corrected chi connectivity index (χ3v) is 1.39. The summed E-state index contributed by atoms with van der Waals surface area (Å²) >= 11 is 0. The van der Waals surface area contributed by atoms with Crippen LogP contribution in [0, 0.1) is 5.82 Å². The number of aromatic nitrogens is 2. The Morgan fingerprint density at radius 1 is 1.64 bits per heavy atom. The van der Waals surface area contributed by atoms with Crippen molar-refractivity contribution in [3.63, 3.8) is 0 Å². The van der Waals surface area contributed by atoms with Gasteiger partial charge in [-0.05, 0) is 0 Å². The van der Waals surface area contributed by atoms with Crippen molar-refractivity contribution < 1.29 is 9.18 Å². The second-order valence-corrected chi connectivity index (χ2v) is 2.41. The summed E-state index contributed by atoms with van der Waals surface area (Å²) in [4.78, 5) is 33.5. The molecule has 0 aliphatic heterocycles. The molecule has 0 saturated carbocycles. The Hall–Kier alpha value is -2.12. The molecule has 2 amide bonds. The van der Waals surface area contributed by atoms with Gasteiger partial charge < -0.3 is 11.1 Å². The van der Waals surface area contributed by atoms with Gasteiger partial charge in [0.2, 0.25) is 5.82 Å². The van der Waals surface area contributed by atoms with E-state index in [-0.39, 0.29) is 6.67 Å². The second kappa shape index (κ2) is 3.73. The molecule has 0 saturated heterocycles. The first-order valence-electron chi connectivity index (χ1n) is 3.53. The van der Waals surface area contributed by atoms with Gasteiger partial charge in [-0.1, -0.05) is 0 Å². The normalized spacial score (nSPS) is 9.79. The summed E-state index contributed by atoms with van der Waals surface area (Å²) in [6, 6.07) is -0.858. The Kier molecular flexibility index (Phi) is 2.65. The molecule has 0 radical (unpaired) electrons. The Bertz CT molecular complexity index is 463. The average molecular weight is 202 g/mol. The number of nitrogens with two attached hydrogens (primary N) is 1. The molecule has 7 nitrogen and oxygen atoms in total. The van der Waals surface area contributed by atoms with Crippen molar-refractivity contribution >= 4 is 6.03 Å². The van der Waals surface area contributed by atoms with E-state index in [1.54, 1.807) is 4.98 Å². The summed E-state index contributed by atoms with van der Waals surface area (Å²) in [5.74, 6) is -1.11. The highest BCUT2D eigenvalue weighted by atomic mass is 19.1. The topological polar surface area (TPSA) is 110 Å². The standard InChI is InChI=1S/C6H7FN4O3/c7-3-1-11(2-9-5(8)13)6(14)10-4(3)12/h1H,2H2,(H3,8,9,13)(H,10,12,14). The summed E-state index contributed by atoms with van der Waals surface area (Å²) in [6.07, 6.45) is 0.678. The lowest BCUT2D eigenvalue weighted by Gasteiger charge is -2.04. The summed E-state index contributed by atoms with van der Waals surface area (Å²) in [7, 11) is 0. The Balaban J connectivity index is 2.99. The molecule has 76 valence electrons. The van der Waals surface area contributed by atoms with E-state index in [0.29, 0.717) is 6.20 Å². The van der Waals surface area contributed by atoms with Crippen LogP contribution in [-0.4, -0.2) is 15.6 Å². The van der Waals surface area contributed by atoms with E-state index in [4.69, 9.17) is 5.73 Å². The van der Waals surface area contributed by atoms with Crippen LogP contribution < -0.4 is 22.3 Å². The van der Waals surface area contributed by atoms with Crippen LogP contribution in [0.15, 0.2) is 15.8 Å². The van der Waals surface area contributed by atoms with Crippen LogP contribution in [0.3, 0.4) is 0 Å². The van der Waals surface area contributed by atoms with Crippen molar-refractivity contribution in [3.8, 4) is 0 Å². The number of primary amides is 1. The van der Waals surface area contributed by atoms with Crippen molar-refractivity contribution in [1.29, 1.82) is 0 Å². The van der Waals surface area contributed by atoms with Crippen molar-refractivity contribution in [3.05, 3.63) is 32.9 Å². The smallest absolute Gasteiger partial charge is 0.329 e. The van der Waals surface area contributed by atoms with Crippen LogP contribution in [0.2, 0.25) is 0 Å². The molecule has 14 heavy (non-hydrogen) atoms. The zero-order chi connectivity index (χ0) is 10.7. The number of urea groups is 1. The number of aromatic amines is 1. The fourth-order valence-electron chi connectivity index (χ4n) is 0.763. The van der Waals surface area contributed by atoms with E-state index in [0.717, 1.165) is 4.57 Å². The van der Waals surface area contributed by atoms with Crippen molar-refractivity contribution in [1.82, 2.24) is 14.9 Å². The molecular weight excluding hydrogens is 195 g/mol. The summed E-state index contributed by atoms with van der Waals surface area (Å²) in [6.45, 7) is -0.304. The highest BCUT2D eigenvalue weighted by molar-refractivity contribution is 5.71. The minimum absolute atomic E-state index is 0.304. The fourth-order valence-corrected chi connectivity index (χ4v) is 0.763. The van der Waals surface area contributed by atoms with Gasteiger partial charge in [-0.2, -0.15) is 4.39 Å². The monoisotopic (exact) mass is 202 g/mol. The first kappa shape index (κ1) is 9.96. The van der Waals surface area contributed by atoms with Crippen LogP contribution in [0.4, 0.5) is 9.18 Å². The van der Waals surface area contributed by atoms with Gasteiger partial charge in [0, 0.05) is 0 Å². The van der Waals surface area contributed by atoms with Crippen molar-refractivity contribution in [2.45, 2.75) is 6.67 Å². The maximum Gasteiger partial charge on any atom is 0.329 e. The first-order valence-corrected chi connectivity index (χ1v) is 3.53. The molecule has 4 N–H and O–H groups in total. The van der Waals surface area contributed by atoms with Gasteiger partial charge in [-0.25, -0.2) is 9.59 Å². The molecule has 0 aliphatic rings. The van der Waals surface area contributed by atoms with Crippen LogP contribution in [0.5, 0.6) is 0 Å². The lowest BCUT2D eigenvalue weighted by molar-refractivity contribution is 0.246. The minimum Gasteiger partial charge on any atom is -0.352 e. The largest absolute Gasteiger partial charge is 0.352 e. The molecule has 0 unspecified atom stereocenters. The molecule has 0 atom stereocenters. The number of hydrogen-bond donors (Lipinski definition) is 3. The molecule has 1 rings (SSSR count). The predicted molar refractivity (Wildman–Crippen MR) is 44.0 cm³/mol. The van der Waals surface area contributed by atoms with Gasteiger partial charge in [0.15, 0.2) is 0 Å². The van der Waals surface area contributed by atoms with E-state index in [1.165, 1.54) is 0 Å². The lowest BCUT2D eigenvalue weighted by atomic mass is 10.6. The second-order valence-electron chi connectivity index (χ2n) is 2.41. The van der Waals surface area contributed by atoms with E-state index in [2.05, 4.69) is 5.32 Å². The van der Waals surface area contributed by atoms with Crippen LogP contribution >= 0.6 is 0 Å².